The molecule has 2 rings (SSSR count). The Morgan fingerprint density at radius 1 is 1.50 bits per heavy atom. The summed E-state index contributed by atoms with van der Waals surface area (Å²) in [4.78, 5) is 10.8. The predicted octanol–water partition coefficient (Wildman–Crippen LogP) is 1.36. The minimum atomic E-state index is -0.0449. The topological polar surface area (TPSA) is 56.8 Å². The average Bonchev–Trinajstić information content (AvgIpc) is 2.37. The lowest BCUT2D eigenvalue weighted by molar-refractivity contribution is -0.119. The van der Waals surface area contributed by atoms with Gasteiger partial charge in [0, 0.05) is 26.0 Å². The summed E-state index contributed by atoms with van der Waals surface area (Å²) in [5.41, 5.74) is 0. The van der Waals surface area contributed by atoms with Gasteiger partial charge < -0.3 is 19.5 Å². The standard InChI is InChI=1S/C13H17NO4/c1-9(15)14-6-5-11-8-17-12-4-3-10(16-2)7-13(12)18-11/h3-4,7,11H,5-6,8H2,1-2H3,(H,14,15)/t11-/m0/s1. The van der Waals surface area contributed by atoms with Crippen molar-refractivity contribution in [2.75, 3.05) is 20.3 Å². The van der Waals surface area contributed by atoms with Gasteiger partial charge in [-0.15, -0.1) is 0 Å². The fraction of sp³-hybridized carbons (Fsp3) is 0.462. The van der Waals surface area contributed by atoms with Gasteiger partial charge in [0.15, 0.2) is 11.5 Å². The summed E-state index contributed by atoms with van der Waals surface area (Å²) in [6.45, 7) is 2.58. The Labute approximate surface area is 106 Å². The van der Waals surface area contributed by atoms with E-state index >= 15 is 0 Å². The summed E-state index contributed by atoms with van der Waals surface area (Å²) in [6, 6.07) is 5.47. The van der Waals surface area contributed by atoms with E-state index in [0.717, 1.165) is 17.9 Å². The molecule has 0 saturated heterocycles. The van der Waals surface area contributed by atoms with Crippen molar-refractivity contribution in [2.24, 2.45) is 0 Å². The van der Waals surface area contributed by atoms with E-state index in [1.54, 1.807) is 13.2 Å². The average molecular weight is 251 g/mol. The third kappa shape index (κ3) is 3.06. The first-order valence-corrected chi connectivity index (χ1v) is 5.91. The Hall–Kier alpha value is -1.91. The van der Waals surface area contributed by atoms with E-state index in [1.807, 2.05) is 12.1 Å². The normalized spacial score (nSPS) is 17.1. The van der Waals surface area contributed by atoms with Gasteiger partial charge in [0.05, 0.1) is 7.11 Å². The van der Waals surface area contributed by atoms with Crippen LogP contribution in [0.3, 0.4) is 0 Å². The summed E-state index contributed by atoms with van der Waals surface area (Å²) in [5.74, 6) is 2.12. The summed E-state index contributed by atoms with van der Waals surface area (Å²) >= 11 is 0. The van der Waals surface area contributed by atoms with E-state index in [2.05, 4.69) is 5.32 Å². The van der Waals surface area contributed by atoms with Crippen molar-refractivity contribution in [2.45, 2.75) is 19.4 Å². The van der Waals surface area contributed by atoms with Crippen molar-refractivity contribution in [3.63, 3.8) is 0 Å². The Morgan fingerprint density at radius 3 is 3.06 bits per heavy atom. The third-order valence-electron chi connectivity index (χ3n) is 2.71. The van der Waals surface area contributed by atoms with Crippen LogP contribution < -0.4 is 19.5 Å². The molecule has 0 fully saturated rings. The molecule has 0 bridgehead atoms. The van der Waals surface area contributed by atoms with Gasteiger partial charge in [-0.05, 0) is 12.1 Å². The lowest BCUT2D eigenvalue weighted by atomic mass is 10.2. The first kappa shape index (κ1) is 12.5. The smallest absolute Gasteiger partial charge is 0.216 e. The van der Waals surface area contributed by atoms with Gasteiger partial charge in [-0.2, -0.15) is 0 Å². The number of carbonyl (C=O) groups excluding carboxylic acids is 1. The minimum Gasteiger partial charge on any atom is -0.497 e. The molecule has 1 aliphatic rings. The highest BCUT2D eigenvalue weighted by molar-refractivity contribution is 5.72. The van der Waals surface area contributed by atoms with Crippen LogP contribution in [-0.2, 0) is 4.79 Å². The van der Waals surface area contributed by atoms with Gasteiger partial charge in [-0.25, -0.2) is 0 Å². The number of amides is 1. The molecule has 5 heteroatoms. The van der Waals surface area contributed by atoms with Crippen LogP contribution in [0.5, 0.6) is 17.2 Å². The molecular formula is C13H17NO4. The number of hydrogen-bond acceptors (Lipinski definition) is 4. The van der Waals surface area contributed by atoms with Crippen LogP contribution in [0.2, 0.25) is 0 Å². The number of methoxy groups -OCH3 is 1. The second-order valence-corrected chi connectivity index (χ2v) is 4.14. The molecule has 0 aromatic heterocycles. The molecule has 0 spiro atoms. The molecule has 1 heterocycles. The summed E-state index contributed by atoms with van der Waals surface area (Å²) < 4.78 is 16.5. The highest BCUT2D eigenvalue weighted by Gasteiger charge is 2.21. The van der Waals surface area contributed by atoms with Gasteiger partial charge >= 0.3 is 0 Å². The second-order valence-electron chi connectivity index (χ2n) is 4.14. The predicted molar refractivity (Wildman–Crippen MR) is 66.2 cm³/mol. The number of carbonyl (C=O) groups is 1. The van der Waals surface area contributed by atoms with Crippen molar-refractivity contribution in [1.82, 2.24) is 5.32 Å². The first-order valence-electron chi connectivity index (χ1n) is 5.91. The van der Waals surface area contributed by atoms with E-state index in [9.17, 15) is 4.79 Å². The maximum atomic E-state index is 10.8. The van der Waals surface area contributed by atoms with Crippen molar-refractivity contribution in [3.05, 3.63) is 18.2 Å². The van der Waals surface area contributed by atoms with E-state index in [0.29, 0.717) is 18.9 Å². The molecule has 0 aliphatic carbocycles. The van der Waals surface area contributed by atoms with E-state index in [4.69, 9.17) is 14.2 Å². The molecule has 1 atom stereocenters. The zero-order valence-electron chi connectivity index (χ0n) is 10.6. The van der Waals surface area contributed by atoms with Crippen LogP contribution in [0.1, 0.15) is 13.3 Å². The first-order chi connectivity index (χ1) is 8.69. The number of rotatable bonds is 4. The maximum Gasteiger partial charge on any atom is 0.216 e. The molecule has 1 aliphatic heterocycles. The summed E-state index contributed by atoms with van der Waals surface area (Å²) in [5, 5.41) is 2.74. The summed E-state index contributed by atoms with van der Waals surface area (Å²) in [7, 11) is 1.61. The fourth-order valence-corrected chi connectivity index (χ4v) is 1.77. The SMILES string of the molecule is COc1ccc2c(c1)O[C@@H](CCNC(C)=O)CO2. The molecule has 5 nitrogen and oxygen atoms in total. The molecule has 1 aromatic carbocycles. The number of fused-ring (bicyclic) bond motifs is 1. The lowest BCUT2D eigenvalue weighted by Gasteiger charge is -2.26. The van der Waals surface area contributed by atoms with E-state index in [1.165, 1.54) is 6.92 Å². The lowest BCUT2D eigenvalue weighted by Crippen LogP contribution is -2.33. The molecule has 0 unspecified atom stereocenters. The third-order valence-corrected chi connectivity index (χ3v) is 2.71. The van der Waals surface area contributed by atoms with Crippen LogP contribution in [-0.4, -0.2) is 32.3 Å². The molecule has 98 valence electrons. The van der Waals surface area contributed by atoms with Crippen molar-refractivity contribution >= 4 is 5.91 Å². The fourth-order valence-electron chi connectivity index (χ4n) is 1.77. The highest BCUT2D eigenvalue weighted by Crippen LogP contribution is 2.35. The van der Waals surface area contributed by atoms with Crippen LogP contribution in [0, 0.1) is 0 Å². The highest BCUT2D eigenvalue weighted by atomic mass is 16.6. The maximum absolute atomic E-state index is 10.8. The van der Waals surface area contributed by atoms with Gasteiger partial charge in [0.1, 0.15) is 18.5 Å². The molecule has 0 radical (unpaired) electrons. The number of nitrogens with one attached hydrogen (secondary N) is 1. The Balaban J connectivity index is 1.93. The van der Waals surface area contributed by atoms with Crippen molar-refractivity contribution in [3.8, 4) is 17.2 Å². The minimum absolute atomic E-state index is 0.0335. The van der Waals surface area contributed by atoms with Gasteiger partial charge in [-0.3, -0.25) is 4.79 Å². The quantitative estimate of drug-likeness (QED) is 0.878. The zero-order valence-corrected chi connectivity index (χ0v) is 10.6. The number of hydrogen-bond donors (Lipinski definition) is 1. The summed E-state index contributed by atoms with van der Waals surface area (Å²) in [6.07, 6.45) is 0.674. The molecular weight excluding hydrogens is 234 g/mol. The number of ether oxygens (including phenoxy) is 3. The van der Waals surface area contributed by atoms with Crippen LogP contribution >= 0.6 is 0 Å². The number of benzene rings is 1. The van der Waals surface area contributed by atoms with Gasteiger partial charge in [-0.1, -0.05) is 0 Å². The Kier molecular flexibility index (Phi) is 3.92. The monoisotopic (exact) mass is 251 g/mol. The Bertz CT molecular complexity index is 433. The molecule has 1 amide bonds. The van der Waals surface area contributed by atoms with Gasteiger partial charge in [0.25, 0.3) is 0 Å². The molecule has 1 N–H and O–H groups in total. The Morgan fingerprint density at radius 2 is 2.33 bits per heavy atom. The van der Waals surface area contributed by atoms with Crippen molar-refractivity contribution < 1.29 is 19.0 Å². The van der Waals surface area contributed by atoms with E-state index in [-0.39, 0.29) is 12.0 Å². The van der Waals surface area contributed by atoms with Crippen LogP contribution in [0.25, 0.3) is 0 Å². The zero-order chi connectivity index (χ0) is 13.0. The molecule has 1 aromatic rings. The molecule has 0 saturated carbocycles. The van der Waals surface area contributed by atoms with E-state index < -0.39 is 0 Å². The van der Waals surface area contributed by atoms with Crippen molar-refractivity contribution in [1.29, 1.82) is 0 Å². The second kappa shape index (κ2) is 5.62. The largest absolute Gasteiger partial charge is 0.497 e. The van der Waals surface area contributed by atoms with Crippen LogP contribution in [0.15, 0.2) is 18.2 Å². The van der Waals surface area contributed by atoms with Crippen LogP contribution in [0.4, 0.5) is 0 Å². The molecule has 18 heavy (non-hydrogen) atoms. The van der Waals surface area contributed by atoms with Gasteiger partial charge in [0.2, 0.25) is 5.91 Å².